The van der Waals surface area contributed by atoms with Gasteiger partial charge in [-0.05, 0) is 89.9 Å². The van der Waals surface area contributed by atoms with Gasteiger partial charge in [-0.2, -0.15) is 8.42 Å². The number of benzene rings is 3. The van der Waals surface area contributed by atoms with E-state index in [-0.39, 0.29) is 32.1 Å². The molecule has 10 nitrogen and oxygen atoms in total. The number of barbiturate groups is 1. The van der Waals surface area contributed by atoms with Gasteiger partial charge in [0.1, 0.15) is 16.2 Å². The van der Waals surface area contributed by atoms with E-state index < -0.39 is 28.0 Å². The Hall–Kier alpha value is -4.16. The zero-order valence-corrected chi connectivity index (χ0v) is 23.5. The smallest absolute Gasteiger partial charge is 0.339 e. The van der Waals surface area contributed by atoms with Crippen LogP contribution in [0, 0.1) is 6.92 Å². The Kier molecular flexibility index (Phi) is 8.07. The third kappa shape index (κ3) is 5.96. The van der Waals surface area contributed by atoms with Gasteiger partial charge in [-0.15, -0.1) is 0 Å². The van der Waals surface area contributed by atoms with Gasteiger partial charge in [0.25, 0.3) is 11.8 Å². The number of imide groups is 2. The molecule has 1 saturated heterocycles. The molecule has 4 rings (SSSR count). The standard InChI is InChI=1S/C27H23BrN2O8S/c1-4-37-19-9-7-18(8-10-19)30-26(32)21(25(31)29-27(30)33)13-17-14-22(28)24(23(15-17)36-3)38-39(34,35)20-11-5-16(2)6-12-20/h5-15H,4H2,1-3H3,(H,29,31,33)/b21-13+. The molecule has 0 radical (unpaired) electrons. The largest absolute Gasteiger partial charge is 0.494 e. The second-order valence-electron chi connectivity index (χ2n) is 8.27. The molecule has 0 saturated carbocycles. The molecule has 202 valence electrons. The van der Waals surface area contributed by atoms with Gasteiger partial charge in [0, 0.05) is 0 Å². The van der Waals surface area contributed by atoms with Crippen molar-refractivity contribution in [3.05, 3.63) is 81.8 Å². The van der Waals surface area contributed by atoms with Crippen LogP contribution in [0.25, 0.3) is 6.08 Å². The van der Waals surface area contributed by atoms with Crippen LogP contribution in [0.3, 0.4) is 0 Å². The van der Waals surface area contributed by atoms with Crippen molar-refractivity contribution < 1.29 is 36.5 Å². The van der Waals surface area contributed by atoms with Crippen LogP contribution in [-0.4, -0.2) is 40.0 Å². The van der Waals surface area contributed by atoms with E-state index in [9.17, 15) is 22.8 Å². The summed E-state index contributed by atoms with van der Waals surface area (Å²) >= 11 is 3.29. The van der Waals surface area contributed by atoms with E-state index in [1.54, 1.807) is 24.3 Å². The summed E-state index contributed by atoms with van der Waals surface area (Å²) in [7, 11) is -2.88. The predicted molar refractivity (Wildman–Crippen MR) is 146 cm³/mol. The summed E-state index contributed by atoms with van der Waals surface area (Å²) in [6.07, 6.45) is 1.26. The molecular weight excluding hydrogens is 592 g/mol. The third-order valence-electron chi connectivity index (χ3n) is 5.57. The average Bonchev–Trinajstić information content (AvgIpc) is 2.89. The first-order chi connectivity index (χ1) is 18.5. The Balaban J connectivity index is 1.67. The van der Waals surface area contributed by atoms with Crippen LogP contribution in [0.4, 0.5) is 10.5 Å². The third-order valence-corrected chi connectivity index (χ3v) is 7.40. The number of hydrogen-bond donors (Lipinski definition) is 1. The van der Waals surface area contributed by atoms with Crippen molar-refractivity contribution >= 4 is 55.7 Å². The van der Waals surface area contributed by atoms with E-state index in [4.69, 9.17) is 13.7 Å². The molecule has 1 N–H and O–H groups in total. The lowest BCUT2D eigenvalue weighted by atomic mass is 10.1. The van der Waals surface area contributed by atoms with E-state index in [1.165, 1.54) is 49.6 Å². The van der Waals surface area contributed by atoms with Crippen molar-refractivity contribution in [2.75, 3.05) is 18.6 Å². The molecule has 0 spiro atoms. The lowest BCUT2D eigenvalue weighted by Gasteiger charge is -2.26. The summed E-state index contributed by atoms with van der Waals surface area (Å²) in [5.74, 6) is -1.27. The fraction of sp³-hybridized carbons (Fsp3) is 0.148. The Morgan fingerprint density at radius 3 is 2.28 bits per heavy atom. The van der Waals surface area contributed by atoms with Crippen LogP contribution < -0.4 is 23.9 Å². The van der Waals surface area contributed by atoms with Gasteiger partial charge in [0.2, 0.25) is 0 Å². The Morgan fingerprint density at radius 1 is 1.00 bits per heavy atom. The molecule has 1 aliphatic rings. The number of methoxy groups -OCH3 is 1. The van der Waals surface area contributed by atoms with Crippen molar-refractivity contribution in [3.63, 3.8) is 0 Å². The number of carbonyl (C=O) groups is 3. The van der Waals surface area contributed by atoms with Crippen molar-refractivity contribution in [2.24, 2.45) is 0 Å². The van der Waals surface area contributed by atoms with Crippen LogP contribution >= 0.6 is 15.9 Å². The van der Waals surface area contributed by atoms with Crippen LogP contribution in [-0.2, 0) is 19.7 Å². The number of hydrogen-bond acceptors (Lipinski definition) is 8. The molecule has 0 aliphatic carbocycles. The number of anilines is 1. The Morgan fingerprint density at radius 2 is 1.67 bits per heavy atom. The summed E-state index contributed by atoms with van der Waals surface area (Å²) in [5.41, 5.74) is 1.11. The van der Waals surface area contributed by atoms with Crippen molar-refractivity contribution in [1.82, 2.24) is 5.32 Å². The minimum Gasteiger partial charge on any atom is -0.494 e. The predicted octanol–water partition coefficient (Wildman–Crippen LogP) is 4.60. The van der Waals surface area contributed by atoms with Gasteiger partial charge in [0.15, 0.2) is 11.5 Å². The molecule has 3 aromatic carbocycles. The van der Waals surface area contributed by atoms with Gasteiger partial charge in [-0.25, -0.2) is 9.69 Å². The van der Waals surface area contributed by atoms with Crippen LogP contribution in [0.5, 0.6) is 17.2 Å². The number of aryl methyl sites for hydroxylation is 1. The molecule has 39 heavy (non-hydrogen) atoms. The van der Waals surface area contributed by atoms with Gasteiger partial charge in [0.05, 0.1) is 23.9 Å². The highest BCUT2D eigenvalue weighted by Gasteiger charge is 2.37. The van der Waals surface area contributed by atoms with Gasteiger partial charge in [-0.1, -0.05) is 17.7 Å². The SMILES string of the molecule is CCOc1ccc(N2C(=O)NC(=O)/C(=C\c3cc(Br)c(OS(=O)(=O)c4ccc(C)cc4)c(OC)c3)C2=O)cc1. The average molecular weight is 615 g/mol. The van der Waals surface area contributed by atoms with Crippen LogP contribution in [0.15, 0.2) is 75.6 Å². The number of ether oxygens (including phenoxy) is 2. The van der Waals surface area contributed by atoms with Crippen molar-refractivity contribution in [2.45, 2.75) is 18.7 Å². The molecule has 0 unspecified atom stereocenters. The second-order valence-corrected chi connectivity index (χ2v) is 10.7. The fourth-order valence-electron chi connectivity index (χ4n) is 3.68. The summed E-state index contributed by atoms with van der Waals surface area (Å²) in [4.78, 5) is 39.1. The lowest BCUT2D eigenvalue weighted by molar-refractivity contribution is -0.122. The molecule has 0 atom stereocenters. The van der Waals surface area contributed by atoms with Crippen molar-refractivity contribution in [1.29, 1.82) is 0 Å². The lowest BCUT2D eigenvalue weighted by Crippen LogP contribution is -2.54. The van der Waals surface area contributed by atoms with Crippen LogP contribution in [0.1, 0.15) is 18.1 Å². The highest BCUT2D eigenvalue weighted by atomic mass is 79.9. The number of amides is 4. The van der Waals surface area contributed by atoms with Gasteiger partial charge in [-0.3, -0.25) is 14.9 Å². The van der Waals surface area contributed by atoms with E-state index >= 15 is 0 Å². The summed E-state index contributed by atoms with van der Waals surface area (Å²) in [6.45, 7) is 4.10. The normalized spacial score (nSPS) is 14.8. The molecular formula is C27H23BrN2O8S. The van der Waals surface area contributed by atoms with Gasteiger partial charge < -0.3 is 13.7 Å². The number of nitrogens with one attached hydrogen (secondary N) is 1. The zero-order chi connectivity index (χ0) is 28.3. The van der Waals surface area contributed by atoms with E-state index in [2.05, 4.69) is 21.2 Å². The molecule has 0 bridgehead atoms. The van der Waals surface area contributed by atoms with Gasteiger partial charge >= 0.3 is 16.1 Å². The minimum atomic E-state index is -4.19. The minimum absolute atomic E-state index is 0.0232. The van der Waals surface area contributed by atoms with E-state index in [0.717, 1.165) is 10.5 Å². The highest BCUT2D eigenvalue weighted by molar-refractivity contribution is 9.10. The fourth-order valence-corrected chi connectivity index (χ4v) is 5.29. The van der Waals surface area contributed by atoms with Crippen LogP contribution in [0.2, 0.25) is 0 Å². The highest BCUT2D eigenvalue weighted by Crippen LogP contribution is 2.39. The Bertz CT molecular complexity index is 1580. The quantitative estimate of drug-likeness (QED) is 0.221. The maximum Gasteiger partial charge on any atom is 0.339 e. The number of rotatable bonds is 8. The molecule has 3 aromatic rings. The molecule has 4 amide bonds. The first-order valence-corrected chi connectivity index (χ1v) is 13.8. The number of halogens is 1. The Labute approximate surface area is 233 Å². The number of nitrogens with zero attached hydrogens (tertiary/aromatic N) is 1. The topological polar surface area (TPSA) is 128 Å². The molecule has 0 aromatic heterocycles. The summed E-state index contributed by atoms with van der Waals surface area (Å²) < 4.78 is 41.9. The molecule has 1 aliphatic heterocycles. The molecule has 1 heterocycles. The van der Waals surface area contributed by atoms with Crippen molar-refractivity contribution in [3.8, 4) is 17.2 Å². The first kappa shape index (κ1) is 27.9. The molecule has 1 fully saturated rings. The molecule has 12 heteroatoms. The number of urea groups is 1. The van der Waals surface area contributed by atoms with E-state index in [0.29, 0.717) is 17.9 Å². The summed E-state index contributed by atoms with van der Waals surface area (Å²) in [6, 6.07) is 14.3. The second kappa shape index (κ2) is 11.3. The van der Waals surface area contributed by atoms with E-state index in [1.807, 2.05) is 13.8 Å². The summed E-state index contributed by atoms with van der Waals surface area (Å²) in [5, 5.41) is 2.16. The number of carbonyl (C=O) groups excluding carboxylic acids is 3. The zero-order valence-electron chi connectivity index (χ0n) is 21.1. The maximum absolute atomic E-state index is 13.2. The maximum atomic E-state index is 13.2. The monoisotopic (exact) mass is 614 g/mol. The first-order valence-electron chi connectivity index (χ1n) is 11.6.